The lowest BCUT2D eigenvalue weighted by Gasteiger charge is -2.21. The van der Waals surface area contributed by atoms with Crippen molar-refractivity contribution in [2.75, 3.05) is 19.8 Å². The fourth-order valence-corrected chi connectivity index (χ4v) is 1.46. The molecule has 0 heterocycles. The van der Waals surface area contributed by atoms with Crippen LogP contribution in [-0.2, 0) is 24.0 Å². The van der Waals surface area contributed by atoms with Crippen molar-refractivity contribution < 1.29 is 29.1 Å². The Bertz CT molecular complexity index is 347. The van der Waals surface area contributed by atoms with Gasteiger partial charge in [0.2, 0.25) is 0 Å². The van der Waals surface area contributed by atoms with Gasteiger partial charge in [-0.15, -0.1) is 0 Å². The van der Waals surface area contributed by atoms with Crippen LogP contribution >= 0.6 is 0 Å². The summed E-state index contributed by atoms with van der Waals surface area (Å²) in [5.74, 6) is -2.18. The van der Waals surface area contributed by atoms with Gasteiger partial charge in [-0.2, -0.15) is 0 Å². The fraction of sp³-hybridized carbons (Fsp3) is 0.692. The van der Waals surface area contributed by atoms with Crippen LogP contribution in [0.1, 0.15) is 40.5 Å². The molecule has 0 unspecified atom stereocenters. The number of carboxylic acid groups (broad SMARTS) is 1. The van der Waals surface area contributed by atoms with Crippen molar-refractivity contribution in [3.8, 4) is 0 Å². The highest BCUT2D eigenvalue weighted by Crippen LogP contribution is 2.16. The molecule has 0 aliphatic heterocycles. The van der Waals surface area contributed by atoms with Gasteiger partial charge >= 0.3 is 11.9 Å². The second-order valence-electron chi connectivity index (χ2n) is 3.69. The van der Waals surface area contributed by atoms with Gasteiger partial charge in [0.05, 0.1) is 25.4 Å². The van der Waals surface area contributed by atoms with Crippen LogP contribution in [0.5, 0.6) is 0 Å². The molecule has 0 fully saturated rings. The van der Waals surface area contributed by atoms with E-state index in [9.17, 15) is 14.7 Å². The molecule has 1 amide bonds. The highest BCUT2D eigenvalue weighted by atomic mass is 17.0. The Morgan fingerprint density at radius 2 is 1.55 bits per heavy atom. The second kappa shape index (κ2) is 10.2. The van der Waals surface area contributed by atoms with E-state index in [1.165, 1.54) is 0 Å². The number of carbonyl (C=O) groups excluding carboxylic acids is 1. The van der Waals surface area contributed by atoms with Crippen LogP contribution in [0.25, 0.3) is 0 Å². The molecular weight excluding hydrogens is 266 g/mol. The van der Waals surface area contributed by atoms with Gasteiger partial charge in [0, 0.05) is 0 Å². The second-order valence-corrected chi connectivity index (χ2v) is 3.69. The van der Waals surface area contributed by atoms with E-state index in [4.69, 9.17) is 14.4 Å². The number of hydrogen-bond acceptors (Lipinski definition) is 5. The quantitative estimate of drug-likeness (QED) is 0.375. The van der Waals surface area contributed by atoms with E-state index in [0.717, 1.165) is 0 Å². The molecule has 7 heteroatoms. The fourth-order valence-electron chi connectivity index (χ4n) is 1.46. The summed E-state index contributed by atoms with van der Waals surface area (Å²) in [5.41, 5.74) is -0.0799. The third-order valence-corrected chi connectivity index (χ3v) is 2.17. The number of nitrogens with zero attached hydrogens (tertiary/aromatic N) is 1. The summed E-state index contributed by atoms with van der Waals surface area (Å²) in [7, 11) is 0. The van der Waals surface area contributed by atoms with Crippen molar-refractivity contribution in [2.24, 2.45) is 0 Å². The van der Waals surface area contributed by atoms with Crippen LogP contribution < -0.4 is 0 Å². The molecule has 0 aromatic carbocycles. The van der Waals surface area contributed by atoms with E-state index in [1.807, 2.05) is 6.92 Å². The number of carboxylic acids is 1. The predicted molar refractivity (Wildman–Crippen MR) is 71.3 cm³/mol. The first-order valence-electron chi connectivity index (χ1n) is 6.72. The van der Waals surface area contributed by atoms with E-state index >= 15 is 0 Å². The Morgan fingerprint density at radius 3 is 1.90 bits per heavy atom. The third kappa shape index (κ3) is 5.58. The monoisotopic (exact) mass is 289 g/mol. The predicted octanol–water partition coefficient (Wildman–Crippen LogP) is 1.89. The minimum absolute atomic E-state index is 0.0799. The average Bonchev–Trinajstić information content (AvgIpc) is 2.41. The molecule has 0 spiro atoms. The van der Waals surface area contributed by atoms with Gasteiger partial charge in [-0.05, 0) is 27.2 Å². The zero-order chi connectivity index (χ0) is 15.5. The van der Waals surface area contributed by atoms with Crippen LogP contribution in [0.3, 0.4) is 0 Å². The largest absolute Gasteiger partial charge is 0.488 e. The standard InChI is InChI=1S/C13H23NO6/c1-5-9-10(13(16)17)11(18-6-2)12(15)14(19-7-3)20-8-4/h5-9H2,1-4H3,(H,16,17). The van der Waals surface area contributed by atoms with Crippen molar-refractivity contribution >= 4 is 11.9 Å². The molecule has 0 aromatic rings. The minimum atomic E-state index is -1.18. The Hall–Kier alpha value is -1.60. The number of hydrogen-bond donors (Lipinski definition) is 1. The summed E-state index contributed by atoms with van der Waals surface area (Å²) >= 11 is 0. The molecule has 20 heavy (non-hydrogen) atoms. The summed E-state index contributed by atoms with van der Waals surface area (Å²) < 4.78 is 5.20. The zero-order valence-electron chi connectivity index (χ0n) is 12.5. The van der Waals surface area contributed by atoms with E-state index < -0.39 is 11.9 Å². The third-order valence-electron chi connectivity index (χ3n) is 2.17. The molecule has 0 bridgehead atoms. The maximum absolute atomic E-state index is 12.3. The van der Waals surface area contributed by atoms with Crippen LogP contribution in [0.4, 0.5) is 0 Å². The summed E-state index contributed by atoms with van der Waals surface area (Å²) in [4.78, 5) is 33.6. The van der Waals surface area contributed by atoms with Crippen LogP contribution in [0.2, 0.25) is 0 Å². The molecule has 0 aliphatic carbocycles. The summed E-state index contributed by atoms with van der Waals surface area (Å²) in [6, 6.07) is 0. The Kier molecular flexibility index (Phi) is 9.40. The molecule has 116 valence electrons. The minimum Gasteiger partial charge on any atom is -0.488 e. The van der Waals surface area contributed by atoms with Gasteiger partial charge in [-0.25, -0.2) is 14.5 Å². The number of carbonyl (C=O) groups is 2. The molecule has 0 atom stereocenters. The molecule has 0 rings (SSSR count). The molecular formula is C13H23NO6. The van der Waals surface area contributed by atoms with Gasteiger partial charge in [-0.3, -0.25) is 4.79 Å². The van der Waals surface area contributed by atoms with Crippen molar-refractivity contribution in [1.29, 1.82) is 0 Å². The van der Waals surface area contributed by atoms with Crippen LogP contribution in [-0.4, -0.2) is 42.0 Å². The highest BCUT2D eigenvalue weighted by Gasteiger charge is 2.27. The van der Waals surface area contributed by atoms with Crippen LogP contribution in [0, 0.1) is 0 Å². The maximum Gasteiger partial charge on any atom is 0.338 e. The van der Waals surface area contributed by atoms with Crippen LogP contribution in [0.15, 0.2) is 11.3 Å². The molecule has 0 saturated heterocycles. The van der Waals surface area contributed by atoms with E-state index in [-0.39, 0.29) is 37.6 Å². The lowest BCUT2D eigenvalue weighted by atomic mass is 10.1. The molecule has 1 N–H and O–H groups in total. The van der Waals surface area contributed by atoms with E-state index in [1.54, 1.807) is 20.8 Å². The number of aliphatic carboxylic acids is 1. The SMILES string of the molecule is CCCC(C(=O)O)=C(OCC)C(=O)N(OCC)OCC. The number of hydroxylamine groups is 2. The zero-order valence-corrected chi connectivity index (χ0v) is 12.5. The Morgan fingerprint density at radius 1 is 1.00 bits per heavy atom. The first kappa shape index (κ1) is 18.4. The first-order chi connectivity index (χ1) is 9.53. The van der Waals surface area contributed by atoms with Crippen molar-refractivity contribution in [1.82, 2.24) is 5.23 Å². The molecule has 0 aromatic heterocycles. The number of amides is 1. The number of ether oxygens (including phenoxy) is 1. The van der Waals surface area contributed by atoms with E-state index in [2.05, 4.69) is 0 Å². The van der Waals surface area contributed by atoms with Crippen molar-refractivity contribution in [2.45, 2.75) is 40.5 Å². The normalized spacial score (nSPS) is 11.8. The molecule has 0 radical (unpaired) electrons. The van der Waals surface area contributed by atoms with Gasteiger partial charge < -0.3 is 9.84 Å². The summed E-state index contributed by atoms with van der Waals surface area (Å²) in [5, 5.41) is 9.87. The number of rotatable bonds is 10. The van der Waals surface area contributed by atoms with E-state index in [0.29, 0.717) is 11.6 Å². The molecule has 0 saturated carbocycles. The van der Waals surface area contributed by atoms with Crippen molar-refractivity contribution in [3.05, 3.63) is 11.3 Å². The highest BCUT2D eigenvalue weighted by molar-refractivity contribution is 5.99. The van der Waals surface area contributed by atoms with Gasteiger partial charge in [0.1, 0.15) is 0 Å². The first-order valence-corrected chi connectivity index (χ1v) is 6.72. The lowest BCUT2D eigenvalue weighted by Crippen LogP contribution is -2.34. The van der Waals surface area contributed by atoms with Gasteiger partial charge in [0.15, 0.2) is 5.76 Å². The summed E-state index contributed by atoms with van der Waals surface area (Å²) in [6.07, 6.45) is 0.803. The van der Waals surface area contributed by atoms with Gasteiger partial charge in [0.25, 0.3) is 0 Å². The average molecular weight is 289 g/mol. The Balaban J connectivity index is 5.44. The smallest absolute Gasteiger partial charge is 0.338 e. The maximum atomic E-state index is 12.3. The Labute approximate surface area is 119 Å². The van der Waals surface area contributed by atoms with Crippen molar-refractivity contribution in [3.63, 3.8) is 0 Å². The summed E-state index contributed by atoms with van der Waals surface area (Å²) in [6.45, 7) is 7.46. The molecule has 0 aliphatic rings. The topological polar surface area (TPSA) is 85.3 Å². The van der Waals surface area contributed by atoms with Gasteiger partial charge in [-0.1, -0.05) is 18.6 Å². The lowest BCUT2D eigenvalue weighted by molar-refractivity contribution is -0.337. The molecule has 7 nitrogen and oxygen atoms in total.